The number of benzene rings is 1. The summed E-state index contributed by atoms with van der Waals surface area (Å²) in [5.74, 6) is -0.370. The van der Waals surface area contributed by atoms with E-state index in [1.165, 1.54) is 4.31 Å². The minimum Gasteiger partial charge on any atom is -0.323 e. The van der Waals surface area contributed by atoms with E-state index in [1.54, 1.807) is 24.3 Å². The van der Waals surface area contributed by atoms with E-state index in [-0.39, 0.29) is 36.7 Å². The lowest BCUT2D eigenvalue weighted by Gasteiger charge is -2.36. The third-order valence-corrected chi connectivity index (χ3v) is 6.16. The zero-order valence-electron chi connectivity index (χ0n) is 12.1. The van der Waals surface area contributed by atoms with Crippen LogP contribution >= 0.6 is 0 Å². The van der Waals surface area contributed by atoms with Crippen LogP contribution in [0.1, 0.15) is 18.4 Å². The van der Waals surface area contributed by atoms with E-state index < -0.39 is 21.6 Å². The summed E-state index contributed by atoms with van der Waals surface area (Å²) in [6.07, 6.45) is 0.547. The van der Waals surface area contributed by atoms with Crippen LogP contribution in [0.25, 0.3) is 0 Å². The molecule has 2 aliphatic heterocycles. The normalized spacial score (nSPS) is 21.7. The first-order valence-electron chi connectivity index (χ1n) is 7.04. The van der Waals surface area contributed by atoms with E-state index in [0.29, 0.717) is 0 Å². The van der Waals surface area contributed by atoms with Crippen molar-refractivity contribution in [2.24, 2.45) is 0 Å². The monoisotopic (exact) mass is 323 g/mol. The molecule has 1 spiro atoms. The molecule has 1 aromatic rings. The lowest BCUT2D eigenvalue weighted by molar-refractivity contribution is -0.125. The molecule has 7 nitrogen and oxygen atoms in total. The molecule has 22 heavy (non-hydrogen) atoms. The van der Waals surface area contributed by atoms with Gasteiger partial charge in [-0.25, -0.2) is 13.2 Å². The molecule has 2 saturated heterocycles. The zero-order valence-corrected chi connectivity index (χ0v) is 12.9. The predicted octanol–water partition coefficient (Wildman–Crippen LogP) is 0.358. The van der Waals surface area contributed by atoms with Crippen molar-refractivity contribution in [3.05, 3.63) is 29.8 Å². The average Bonchev–Trinajstić information content (AvgIpc) is 2.74. The Morgan fingerprint density at radius 2 is 1.68 bits per heavy atom. The number of hydrogen-bond acceptors (Lipinski definition) is 4. The van der Waals surface area contributed by atoms with Crippen LogP contribution in [-0.2, 0) is 14.8 Å². The molecule has 2 fully saturated rings. The molecule has 118 valence electrons. The summed E-state index contributed by atoms with van der Waals surface area (Å²) in [5.41, 5.74) is 0.0259. The van der Waals surface area contributed by atoms with Gasteiger partial charge in [0.25, 0.3) is 5.91 Å². The Bertz CT molecular complexity index is 719. The lowest BCUT2D eigenvalue weighted by atomic mass is 9.89. The fourth-order valence-corrected chi connectivity index (χ4v) is 4.29. The number of amides is 3. The smallest absolute Gasteiger partial charge is 0.322 e. The van der Waals surface area contributed by atoms with Crippen LogP contribution in [-0.4, -0.2) is 43.3 Å². The van der Waals surface area contributed by atoms with Crippen molar-refractivity contribution >= 4 is 22.0 Å². The molecule has 1 aromatic carbocycles. The summed E-state index contributed by atoms with van der Waals surface area (Å²) in [5, 5.41) is 4.83. The number of carbonyl (C=O) groups excluding carboxylic acids is 2. The highest BCUT2D eigenvalue weighted by Crippen LogP contribution is 2.29. The number of carbonyl (C=O) groups is 2. The van der Waals surface area contributed by atoms with Crippen molar-refractivity contribution < 1.29 is 18.0 Å². The van der Waals surface area contributed by atoms with Gasteiger partial charge in [0, 0.05) is 13.1 Å². The van der Waals surface area contributed by atoms with E-state index in [9.17, 15) is 18.0 Å². The van der Waals surface area contributed by atoms with Gasteiger partial charge in [-0.15, -0.1) is 0 Å². The zero-order chi connectivity index (χ0) is 16.0. The Morgan fingerprint density at radius 1 is 1.09 bits per heavy atom. The Kier molecular flexibility index (Phi) is 3.45. The van der Waals surface area contributed by atoms with Crippen molar-refractivity contribution in [3.8, 4) is 0 Å². The van der Waals surface area contributed by atoms with Crippen LogP contribution in [0.4, 0.5) is 4.79 Å². The maximum absolute atomic E-state index is 12.6. The van der Waals surface area contributed by atoms with E-state index in [1.807, 2.05) is 6.92 Å². The van der Waals surface area contributed by atoms with Crippen LogP contribution in [0, 0.1) is 6.92 Å². The first-order valence-corrected chi connectivity index (χ1v) is 8.48. The molecule has 3 amide bonds. The first kappa shape index (κ1) is 15.0. The van der Waals surface area contributed by atoms with Gasteiger partial charge in [0.15, 0.2) is 0 Å². The summed E-state index contributed by atoms with van der Waals surface area (Å²) in [6.45, 7) is 2.29. The molecular formula is C14H17N3O4S. The van der Waals surface area contributed by atoms with Gasteiger partial charge in [0.05, 0.1) is 4.90 Å². The van der Waals surface area contributed by atoms with Crippen LogP contribution in [0.15, 0.2) is 29.2 Å². The fraction of sp³-hybridized carbons (Fsp3) is 0.429. The van der Waals surface area contributed by atoms with Crippen LogP contribution in [0.3, 0.4) is 0 Å². The van der Waals surface area contributed by atoms with E-state index in [2.05, 4.69) is 10.6 Å². The highest BCUT2D eigenvalue weighted by molar-refractivity contribution is 7.89. The third kappa shape index (κ3) is 2.38. The van der Waals surface area contributed by atoms with Crippen molar-refractivity contribution in [2.45, 2.75) is 30.2 Å². The SMILES string of the molecule is Cc1ccc(S(=O)(=O)N2CCC3(CC2)NC(=O)NC3=O)cc1. The van der Waals surface area contributed by atoms with Crippen LogP contribution in [0.5, 0.6) is 0 Å². The summed E-state index contributed by atoms with van der Waals surface area (Å²) >= 11 is 0. The van der Waals surface area contributed by atoms with Gasteiger partial charge in [-0.2, -0.15) is 4.31 Å². The standard InChI is InChI=1S/C14H17N3O4S/c1-10-2-4-11(5-3-10)22(20,21)17-8-6-14(7-9-17)12(18)15-13(19)16-14/h2-5H,6-9H2,1H3,(H2,15,16,18,19). The van der Waals surface area contributed by atoms with Crippen molar-refractivity contribution in [2.75, 3.05) is 13.1 Å². The molecule has 0 saturated carbocycles. The third-order valence-electron chi connectivity index (χ3n) is 4.25. The second-order valence-electron chi connectivity index (χ2n) is 5.71. The number of nitrogens with zero attached hydrogens (tertiary/aromatic N) is 1. The lowest BCUT2D eigenvalue weighted by Crippen LogP contribution is -2.55. The topological polar surface area (TPSA) is 95.6 Å². The van der Waals surface area contributed by atoms with Gasteiger partial charge in [0.2, 0.25) is 10.0 Å². The Morgan fingerprint density at radius 3 is 2.18 bits per heavy atom. The summed E-state index contributed by atoms with van der Waals surface area (Å²) in [7, 11) is -3.57. The molecule has 2 aliphatic rings. The van der Waals surface area contributed by atoms with Gasteiger partial charge in [-0.1, -0.05) is 17.7 Å². The molecule has 0 atom stereocenters. The van der Waals surface area contributed by atoms with Gasteiger partial charge in [0.1, 0.15) is 5.54 Å². The summed E-state index contributed by atoms with van der Waals surface area (Å²) in [6, 6.07) is 6.16. The second kappa shape index (κ2) is 5.06. The van der Waals surface area contributed by atoms with Crippen LogP contribution < -0.4 is 10.6 Å². The van der Waals surface area contributed by atoms with Gasteiger partial charge in [-0.05, 0) is 31.9 Å². The number of piperidine rings is 1. The van der Waals surface area contributed by atoms with Crippen molar-refractivity contribution in [3.63, 3.8) is 0 Å². The van der Waals surface area contributed by atoms with Crippen LogP contribution in [0.2, 0.25) is 0 Å². The second-order valence-corrected chi connectivity index (χ2v) is 7.65. The number of rotatable bonds is 2. The largest absolute Gasteiger partial charge is 0.323 e. The molecular weight excluding hydrogens is 306 g/mol. The molecule has 0 radical (unpaired) electrons. The fourth-order valence-electron chi connectivity index (χ4n) is 2.85. The van der Waals surface area contributed by atoms with Gasteiger partial charge < -0.3 is 5.32 Å². The maximum Gasteiger partial charge on any atom is 0.322 e. The molecule has 2 N–H and O–H groups in total. The molecule has 3 rings (SSSR count). The van der Waals surface area contributed by atoms with E-state index in [4.69, 9.17) is 0 Å². The maximum atomic E-state index is 12.6. The molecule has 0 bridgehead atoms. The summed E-state index contributed by atoms with van der Waals surface area (Å²) in [4.78, 5) is 23.4. The van der Waals surface area contributed by atoms with Crippen molar-refractivity contribution in [1.29, 1.82) is 0 Å². The van der Waals surface area contributed by atoms with E-state index >= 15 is 0 Å². The molecule has 0 unspecified atom stereocenters. The molecule has 0 aliphatic carbocycles. The first-order chi connectivity index (χ1) is 10.3. The molecule has 8 heteroatoms. The van der Waals surface area contributed by atoms with Crippen molar-refractivity contribution in [1.82, 2.24) is 14.9 Å². The van der Waals surface area contributed by atoms with Gasteiger partial charge >= 0.3 is 6.03 Å². The Hall–Kier alpha value is -1.93. The number of sulfonamides is 1. The Labute approximate surface area is 128 Å². The minimum absolute atomic E-state index is 0.198. The summed E-state index contributed by atoms with van der Waals surface area (Å²) < 4.78 is 26.5. The predicted molar refractivity (Wildman–Crippen MR) is 78.6 cm³/mol. The highest BCUT2D eigenvalue weighted by Gasteiger charge is 2.49. The molecule has 0 aromatic heterocycles. The Balaban J connectivity index is 1.77. The number of hydrogen-bond donors (Lipinski definition) is 2. The number of imide groups is 1. The molecule has 2 heterocycles. The van der Waals surface area contributed by atoms with E-state index in [0.717, 1.165) is 5.56 Å². The minimum atomic E-state index is -3.57. The highest BCUT2D eigenvalue weighted by atomic mass is 32.2. The number of aryl methyl sites for hydroxylation is 1. The number of nitrogens with one attached hydrogen (secondary N) is 2. The number of urea groups is 1. The quantitative estimate of drug-likeness (QED) is 0.768. The van der Waals surface area contributed by atoms with Gasteiger partial charge in [-0.3, -0.25) is 10.1 Å². The average molecular weight is 323 g/mol.